The molecule has 0 bridgehead atoms. The van der Waals surface area contributed by atoms with Gasteiger partial charge in [-0.2, -0.15) is 0 Å². The van der Waals surface area contributed by atoms with Crippen LogP contribution in [-0.2, 0) is 16.1 Å². The van der Waals surface area contributed by atoms with E-state index in [4.69, 9.17) is 16.3 Å². The first-order valence-electron chi connectivity index (χ1n) is 7.95. The van der Waals surface area contributed by atoms with Gasteiger partial charge in [0.15, 0.2) is 6.61 Å². The van der Waals surface area contributed by atoms with Crippen molar-refractivity contribution in [2.24, 2.45) is 0 Å². The number of halogens is 1. The van der Waals surface area contributed by atoms with E-state index in [-0.39, 0.29) is 18.4 Å². The van der Waals surface area contributed by atoms with Gasteiger partial charge in [0, 0.05) is 13.6 Å². The van der Waals surface area contributed by atoms with Crippen LogP contribution in [0.4, 0.5) is 0 Å². The lowest BCUT2D eigenvalue weighted by Gasteiger charge is -2.28. The zero-order valence-corrected chi connectivity index (χ0v) is 15.0. The lowest BCUT2D eigenvalue weighted by molar-refractivity contribution is -0.142. The molecule has 2 aromatic carbocycles. The van der Waals surface area contributed by atoms with Gasteiger partial charge in [-0.3, -0.25) is 9.59 Å². The second-order valence-electron chi connectivity index (χ2n) is 5.52. The molecular weight excluding hydrogens is 340 g/mol. The monoisotopic (exact) mass is 360 g/mol. The summed E-state index contributed by atoms with van der Waals surface area (Å²) in [5.41, 5.74) is 0.935. The van der Waals surface area contributed by atoms with Gasteiger partial charge >= 0.3 is 0 Å². The van der Waals surface area contributed by atoms with Gasteiger partial charge in [0.25, 0.3) is 5.91 Å². The number of amides is 2. The van der Waals surface area contributed by atoms with Crippen molar-refractivity contribution in [3.05, 3.63) is 65.2 Å². The van der Waals surface area contributed by atoms with Crippen LogP contribution in [0.1, 0.15) is 12.5 Å². The second-order valence-corrected chi connectivity index (χ2v) is 5.92. The Kier molecular flexibility index (Phi) is 6.83. The quantitative estimate of drug-likeness (QED) is 0.826. The lowest BCUT2D eigenvalue weighted by Crippen LogP contribution is -2.48. The standard InChI is InChI=1S/C19H21ClN2O3/c1-14(19(24)21-2)22(12-15-8-4-3-5-9-15)18(23)13-25-17-11-7-6-10-16(17)20/h3-11,14H,12-13H2,1-2H3,(H,21,24). The second kappa shape index (κ2) is 9.08. The summed E-state index contributed by atoms with van der Waals surface area (Å²) < 4.78 is 5.53. The maximum Gasteiger partial charge on any atom is 0.261 e. The van der Waals surface area contributed by atoms with Gasteiger partial charge in [0.1, 0.15) is 11.8 Å². The average Bonchev–Trinajstić information content (AvgIpc) is 2.64. The Hall–Kier alpha value is -2.53. The van der Waals surface area contributed by atoms with E-state index in [0.717, 1.165) is 5.56 Å². The summed E-state index contributed by atoms with van der Waals surface area (Å²) in [7, 11) is 1.55. The fraction of sp³-hybridized carbons (Fsp3) is 0.263. The molecule has 1 atom stereocenters. The Morgan fingerprint density at radius 1 is 1.12 bits per heavy atom. The van der Waals surface area contributed by atoms with Gasteiger partial charge in [-0.05, 0) is 24.6 Å². The molecule has 2 rings (SSSR count). The molecule has 0 aliphatic carbocycles. The molecule has 0 fully saturated rings. The number of benzene rings is 2. The van der Waals surface area contributed by atoms with Gasteiger partial charge < -0.3 is 15.0 Å². The Morgan fingerprint density at radius 2 is 1.76 bits per heavy atom. The number of rotatable bonds is 7. The van der Waals surface area contributed by atoms with Crippen molar-refractivity contribution in [3.8, 4) is 5.75 Å². The number of carbonyl (C=O) groups excluding carboxylic acids is 2. The molecule has 6 heteroatoms. The number of nitrogens with zero attached hydrogens (tertiary/aromatic N) is 1. The highest BCUT2D eigenvalue weighted by atomic mass is 35.5. The molecule has 0 aliphatic heterocycles. The van der Waals surface area contributed by atoms with Crippen LogP contribution in [0.15, 0.2) is 54.6 Å². The highest BCUT2D eigenvalue weighted by Crippen LogP contribution is 2.23. The van der Waals surface area contributed by atoms with E-state index >= 15 is 0 Å². The summed E-state index contributed by atoms with van der Waals surface area (Å²) in [6.45, 7) is 1.81. The highest BCUT2D eigenvalue weighted by Gasteiger charge is 2.25. The third-order valence-corrected chi connectivity index (χ3v) is 4.11. The Bertz CT molecular complexity index is 722. The minimum atomic E-state index is -0.618. The van der Waals surface area contributed by atoms with E-state index in [0.29, 0.717) is 17.3 Å². The van der Waals surface area contributed by atoms with E-state index < -0.39 is 6.04 Å². The molecule has 0 heterocycles. The summed E-state index contributed by atoms with van der Waals surface area (Å²) in [6.07, 6.45) is 0. The topological polar surface area (TPSA) is 58.6 Å². The number of ether oxygens (including phenoxy) is 1. The molecule has 0 aromatic heterocycles. The first-order valence-corrected chi connectivity index (χ1v) is 8.33. The Labute approximate surface area is 152 Å². The minimum Gasteiger partial charge on any atom is -0.482 e. The maximum atomic E-state index is 12.7. The molecule has 0 saturated carbocycles. The molecule has 0 spiro atoms. The maximum absolute atomic E-state index is 12.7. The molecule has 0 aliphatic rings. The van der Waals surface area contributed by atoms with Crippen LogP contribution in [-0.4, -0.2) is 36.4 Å². The van der Waals surface area contributed by atoms with Gasteiger partial charge in [-0.15, -0.1) is 0 Å². The molecule has 132 valence electrons. The summed E-state index contributed by atoms with van der Waals surface area (Å²) in [5, 5.41) is 3.01. The van der Waals surface area contributed by atoms with Crippen molar-refractivity contribution in [1.82, 2.24) is 10.2 Å². The fourth-order valence-corrected chi connectivity index (χ4v) is 2.55. The van der Waals surface area contributed by atoms with Crippen LogP contribution in [0.5, 0.6) is 5.75 Å². The molecular formula is C19H21ClN2O3. The van der Waals surface area contributed by atoms with Gasteiger partial charge in [-0.1, -0.05) is 54.1 Å². The van der Waals surface area contributed by atoms with E-state index in [1.807, 2.05) is 30.3 Å². The third-order valence-electron chi connectivity index (χ3n) is 3.80. The lowest BCUT2D eigenvalue weighted by atomic mass is 10.1. The molecule has 1 unspecified atom stereocenters. The number of para-hydroxylation sites is 1. The van der Waals surface area contributed by atoms with E-state index in [2.05, 4.69) is 5.32 Å². The van der Waals surface area contributed by atoms with Crippen LogP contribution in [0.25, 0.3) is 0 Å². The van der Waals surface area contributed by atoms with Crippen LogP contribution in [0.3, 0.4) is 0 Å². The molecule has 25 heavy (non-hydrogen) atoms. The number of hydrogen-bond donors (Lipinski definition) is 1. The largest absolute Gasteiger partial charge is 0.482 e. The summed E-state index contributed by atoms with van der Waals surface area (Å²) in [5.74, 6) is -0.0910. The normalized spacial score (nSPS) is 11.5. The molecule has 0 saturated heterocycles. The van der Waals surface area contributed by atoms with Gasteiger partial charge in [-0.25, -0.2) is 0 Å². The molecule has 0 radical (unpaired) electrons. The van der Waals surface area contributed by atoms with Crippen molar-refractivity contribution in [1.29, 1.82) is 0 Å². The predicted octanol–water partition coefficient (Wildman–Crippen LogP) is 2.88. The molecule has 5 nitrogen and oxygen atoms in total. The number of carbonyl (C=O) groups is 2. The minimum absolute atomic E-state index is 0.197. The Balaban J connectivity index is 2.11. The predicted molar refractivity (Wildman–Crippen MR) is 97.5 cm³/mol. The van der Waals surface area contributed by atoms with Gasteiger partial charge in [0.2, 0.25) is 5.91 Å². The molecule has 1 N–H and O–H groups in total. The molecule has 2 amide bonds. The van der Waals surface area contributed by atoms with Crippen LogP contribution in [0, 0.1) is 0 Å². The fourth-order valence-electron chi connectivity index (χ4n) is 2.36. The van der Waals surface area contributed by atoms with Gasteiger partial charge in [0.05, 0.1) is 5.02 Å². The van der Waals surface area contributed by atoms with Crippen molar-refractivity contribution in [2.45, 2.75) is 19.5 Å². The van der Waals surface area contributed by atoms with E-state index in [1.54, 1.807) is 38.2 Å². The molecule has 2 aromatic rings. The summed E-state index contributed by atoms with van der Waals surface area (Å²) >= 11 is 6.04. The number of nitrogens with one attached hydrogen (secondary N) is 1. The third kappa shape index (κ3) is 5.22. The van der Waals surface area contributed by atoms with Crippen molar-refractivity contribution in [2.75, 3.05) is 13.7 Å². The van der Waals surface area contributed by atoms with Crippen LogP contribution >= 0.6 is 11.6 Å². The zero-order valence-electron chi connectivity index (χ0n) is 14.2. The highest BCUT2D eigenvalue weighted by molar-refractivity contribution is 6.32. The Morgan fingerprint density at radius 3 is 2.40 bits per heavy atom. The van der Waals surface area contributed by atoms with Crippen LogP contribution < -0.4 is 10.1 Å². The van der Waals surface area contributed by atoms with E-state index in [1.165, 1.54) is 4.90 Å². The van der Waals surface area contributed by atoms with Crippen LogP contribution in [0.2, 0.25) is 5.02 Å². The average molecular weight is 361 g/mol. The first kappa shape index (κ1) is 18.8. The van der Waals surface area contributed by atoms with Crippen molar-refractivity contribution >= 4 is 23.4 Å². The smallest absolute Gasteiger partial charge is 0.261 e. The SMILES string of the molecule is CNC(=O)C(C)N(Cc1ccccc1)C(=O)COc1ccccc1Cl. The number of likely N-dealkylation sites (N-methyl/N-ethyl adjacent to an activating group) is 1. The summed E-state index contributed by atoms with van der Waals surface area (Å²) in [4.78, 5) is 26.2. The zero-order chi connectivity index (χ0) is 18.2. The number of hydrogen-bond acceptors (Lipinski definition) is 3. The van der Waals surface area contributed by atoms with Crippen molar-refractivity contribution in [3.63, 3.8) is 0 Å². The summed E-state index contributed by atoms with van der Waals surface area (Å²) in [6, 6.07) is 15.8. The van der Waals surface area contributed by atoms with Crippen molar-refractivity contribution < 1.29 is 14.3 Å². The first-order chi connectivity index (χ1) is 12.0. The van der Waals surface area contributed by atoms with E-state index in [9.17, 15) is 9.59 Å².